The fourth-order valence-corrected chi connectivity index (χ4v) is 2.24. The van der Waals surface area contributed by atoms with E-state index in [0.717, 1.165) is 10.7 Å². The van der Waals surface area contributed by atoms with Crippen molar-refractivity contribution in [2.45, 2.75) is 5.03 Å². The Morgan fingerprint density at radius 3 is 2.56 bits per heavy atom. The van der Waals surface area contributed by atoms with E-state index in [1.54, 1.807) is 18.1 Å². The molecule has 3 nitrogen and oxygen atoms in total. The van der Waals surface area contributed by atoms with Gasteiger partial charge in [-0.2, -0.15) is 0 Å². The summed E-state index contributed by atoms with van der Waals surface area (Å²) in [6.07, 6.45) is 1.73. The number of benzene rings is 1. The van der Waals surface area contributed by atoms with Crippen molar-refractivity contribution in [3.05, 3.63) is 54.7 Å². The number of hydrogen-bond donors (Lipinski definition) is 0. The summed E-state index contributed by atoms with van der Waals surface area (Å²) >= 11 is 1.45. The summed E-state index contributed by atoms with van der Waals surface area (Å²) in [6.45, 7) is 0. The average molecular weight is 258 g/mol. The molecule has 1 amide bonds. The van der Waals surface area contributed by atoms with Crippen molar-refractivity contribution in [3.63, 3.8) is 0 Å². The lowest BCUT2D eigenvalue weighted by Gasteiger charge is -2.16. The first-order valence-electron chi connectivity index (χ1n) is 5.63. The van der Waals surface area contributed by atoms with Gasteiger partial charge in [0.2, 0.25) is 5.91 Å². The smallest absolute Gasteiger partial charge is 0.237 e. The summed E-state index contributed by atoms with van der Waals surface area (Å²) in [5.74, 6) is 0.458. The average Bonchev–Trinajstić information content (AvgIpc) is 2.46. The highest BCUT2D eigenvalue weighted by Gasteiger charge is 2.10. The molecule has 0 atom stereocenters. The van der Waals surface area contributed by atoms with Crippen LogP contribution in [0.5, 0.6) is 0 Å². The van der Waals surface area contributed by atoms with Gasteiger partial charge in [-0.15, -0.1) is 0 Å². The van der Waals surface area contributed by atoms with Gasteiger partial charge in [-0.3, -0.25) is 4.79 Å². The summed E-state index contributed by atoms with van der Waals surface area (Å²) in [7, 11) is 1.79. The van der Waals surface area contributed by atoms with E-state index < -0.39 is 0 Å². The first kappa shape index (κ1) is 12.6. The van der Waals surface area contributed by atoms with Gasteiger partial charge < -0.3 is 4.90 Å². The molecule has 0 aliphatic rings. The van der Waals surface area contributed by atoms with Gasteiger partial charge in [-0.1, -0.05) is 36.0 Å². The maximum atomic E-state index is 12.0. The topological polar surface area (TPSA) is 33.2 Å². The molecule has 0 N–H and O–H groups in total. The van der Waals surface area contributed by atoms with Crippen LogP contribution in [0.2, 0.25) is 0 Å². The third-order valence-electron chi connectivity index (χ3n) is 2.50. The quantitative estimate of drug-likeness (QED) is 0.791. The Hall–Kier alpha value is -1.81. The number of nitrogens with zero attached hydrogens (tertiary/aromatic N) is 2. The Balaban J connectivity index is 1.93. The fraction of sp³-hybridized carbons (Fsp3) is 0.143. The van der Waals surface area contributed by atoms with Crippen LogP contribution in [-0.2, 0) is 4.79 Å². The van der Waals surface area contributed by atoms with Crippen molar-refractivity contribution in [2.24, 2.45) is 0 Å². The van der Waals surface area contributed by atoms with Gasteiger partial charge in [0, 0.05) is 18.9 Å². The minimum atomic E-state index is 0.0665. The number of aromatic nitrogens is 1. The number of pyridine rings is 1. The molecule has 0 radical (unpaired) electrons. The minimum Gasteiger partial charge on any atom is -0.315 e. The lowest BCUT2D eigenvalue weighted by molar-refractivity contribution is -0.115. The van der Waals surface area contributed by atoms with Crippen molar-refractivity contribution < 1.29 is 4.79 Å². The molecule has 0 aliphatic carbocycles. The van der Waals surface area contributed by atoms with Crippen LogP contribution in [0.1, 0.15) is 0 Å². The molecule has 2 rings (SSSR count). The zero-order chi connectivity index (χ0) is 12.8. The number of rotatable bonds is 4. The number of anilines is 1. The van der Waals surface area contributed by atoms with Gasteiger partial charge in [0.15, 0.2) is 0 Å². The number of amides is 1. The summed E-state index contributed by atoms with van der Waals surface area (Å²) in [4.78, 5) is 17.8. The zero-order valence-corrected chi connectivity index (χ0v) is 10.9. The van der Waals surface area contributed by atoms with Gasteiger partial charge in [0.1, 0.15) is 0 Å². The normalized spacial score (nSPS) is 10.1. The molecule has 2 aromatic rings. The predicted octanol–water partition coefficient (Wildman–Crippen LogP) is 2.84. The highest BCUT2D eigenvalue weighted by molar-refractivity contribution is 7.99. The molecule has 0 saturated carbocycles. The van der Waals surface area contributed by atoms with Crippen molar-refractivity contribution in [3.8, 4) is 0 Å². The lowest BCUT2D eigenvalue weighted by Crippen LogP contribution is -2.27. The first-order valence-corrected chi connectivity index (χ1v) is 6.61. The third-order valence-corrected chi connectivity index (χ3v) is 3.43. The second-order valence-corrected chi connectivity index (χ2v) is 4.74. The Bertz CT molecular complexity index is 502. The van der Waals surface area contributed by atoms with Crippen LogP contribution >= 0.6 is 11.8 Å². The van der Waals surface area contributed by atoms with Crippen molar-refractivity contribution in [1.29, 1.82) is 0 Å². The van der Waals surface area contributed by atoms with E-state index in [9.17, 15) is 4.79 Å². The van der Waals surface area contributed by atoms with Crippen LogP contribution in [0.3, 0.4) is 0 Å². The van der Waals surface area contributed by atoms with Crippen LogP contribution < -0.4 is 4.90 Å². The highest BCUT2D eigenvalue weighted by atomic mass is 32.2. The van der Waals surface area contributed by atoms with Crippen LogP contribution in [0.25, 0.3) is 0 Å². The first-order chi connectivity index (χ1) is 8.77. The molecule has 0 fully saturated rings. The molecule has 0 spiro atoms. The van der Waals surface area contributed by atoms with Crippen molar-refractivity contribution in [2.75, 3.05) is 17.7 Å². The summed E-state index contributed by atoms with van der Waals surface area (Å²) in [5.41, 5.74) is 0.907. The molecule has 0 bridgehead atoms. The Labute approximate surface area is 111 Å². The van der Waals surface area contributed by atoms with Crippen LogP contribution in [0, 0.1) is 0 Å². The van der Waals surface area contributed by atoms with E-state index in [1.165, 1.54) is 11.8 Å². The molecular weight excluding hydrogens is 244 g/mol. The van der Waals surface area contributed by atoms with Gasteiger partial charge in [-0.05, 0) is 24.3 Å². The van der Waals surface area contributed by atoms with Crippen LogP contribution in [0.4, 0.5) is 5.69 Å². The molecular formula is C14H14N2OS. The summed E-state index contributed by atoms with van der Waals surface area (Å²) in [6, 6.07) is 15.3. The van der Waals surface area contributed by atoms with Crippen molar-refractivity contribution in [1.82, 2.24) is 4.98 Å². The molecule has 92 valence electrons. The molecule has 0 saturated heterocycles. The second-order valence-electron chi connectivity index (χ2n) is 3.74. The molecule has 1 heterocycles. The number of carbonyl (C=O) groups is 1. The van der Waals surface area contributed by atoms with Crippen LogP contribution in [0.15, 0.2) is 59.8 Å². The Morgan fingerprint density at radius 1 is 1.17 bits per heavy atom. The molecule has 0 unspecified atom stereocenters. The molecule has 1 aromatic carbocycles. The Morgan fingerprint density at radius 2 is 1.89 bits per heavy atom. The van der Waals surface area contributed by atoms with E-state index >= 15 is 0 Å². The lowest BCUT2D eigenvalue weighted by atomic mass is 10.3. The van der Waals surface area contributed by atoms with Gasteiger partial charge in [0.25, 0.3) is 0 Å². The van der Waals surface area contributed by atoms with Crippen LogP contribution in [-0.4, -0.2) is 23.7 Å². The predicted molar refractivity (Wildman–Crippen MR) is 74.8 cm³/mol. The van der Waals surface area contributed by atoms with Gasteiger partial charge in [0.05, 0.1) is 10.8 Å². The van der Waals surface area contributed by atoms with E-state index in [4.69, 9.17) is 0 Å². The number of hydrogen-bond acceptors (Lipinski definition) is 3. The zero-order valence-electron chi connectivity index (χ0n) is 10.1. The maximum Gasteiger partial charge on any atom is 0.237 e. The number of carbonyl (C=O) groups excluding carboxylic acids is 1. The van der Waals surface area contributed by atoms with E-state index in [2.05, 4.69) is 4.98 Å². The Kier molecular flexibility index (Phi) is 4.36. The third kappa shape index (κ3) is 3.34. The summed E-state index contributed by atoms with van der Waals surface area (Å²) < 4.78 is 0. The molecule has 0 aliphatic heterocycles. The van der Waals surface area contributed by atoms with E-state index in [-0.39, 0.29) is 5.91 Å². The van der Waals surface area contributed by atoms with Gasteiger partial charge in [-0.25, -0.2) is 4.98 Å². The number of thioether (sulfide) groups is 1. The summed E-state index contributed by atoms with van der Waals surface area (Å²) in [5, 5.41) is 0.868. The molecule has 18 heavy (non-hydrogen) atoms. The van der Waals surface area contributed by atoms with E-state index in [1.807, 2.05) is 48.5 Å². The van der Waals surface area contributed by atoms with Gasteiger partial charge >= 0.3 is 0 Å². The fourth-order valence-electron chi connectivity index (χ4n) is 1.46. The minimum absolute atomic E-state index is 0.0665. The van der Waals surface area contributed by atoms with Crippen molar-refractivity contribution >= 4 is 23.4 Å². The number of para-hydroxylation sites is 1. The second kappa shape index (κ2) is 6.21. The SMILES string of the molecule is CN(C(=O)CSc1ccccn1)c1ccccc1. The molecule has 4 heteroatoms. The van der Waals surface area contributed by atoms with E-state index in [0.29, 0.717) is 5.75 Å². The monoisotopic (exact) mass is 258 g/mol. The molecule has 1 aromatic heterocycles. The standard InChI is InChI=1S/C14H14N2OS/c1-16(12-7-3-2-4-8-12)14(17)11-18-13-9-5-6-10-15-13/h2-10H,11H2,1H3. The maximum absolute atomic E-state index is 12.0. The largest absolute Gasteiger partial charge is 0.315 e. The highest BCUT2D eigenvalue weighted by Crippen LogP contribution is 2.17.